The molecule has 6 heteroatoms. The summed E-state index contributed by atoms with van der Waals surface area (Å²) in [5, 5.41) is 6.62. The number of aliphatic imine (C=N–C) groups is 1. The zero-order valence-electron chi connectivity index (χ0n) is 15.5. The van der Waals surface area contributed by atoms with E-state index < -0.39 is 0 Å². The molecule has 2 N–H and O–H groups in total. The fourth-order valence-electron chi connectivity index (χ4n) is 3.29. The molecule has 140 valence electrons. The lowest BCUT2D eigenvalue weighted by molar-refractivity contribution is -0.130. The summed E-state index contributed by atoms with van der Waals surface area (Å²) in [5.41, 5.74) is 0. The molecule has 0 saturated heterocycles. The van der Waals surface area contributed by atoms with Gasteiger partial charge in [-0.25, -0.2) is 0 Å². The quantitative estimate of drug-likeness (QED) is 0.306. The summed E-state index contributed by atoms with van der Waals surface area (Å²) in [5.74, 6) is 3.73. The van der Waals surface area contributed by atoms with Gasteiger partial charge in [0, 0.05) is 39.1 Å². The highest BCUT2D eigenvalue weighted by Crippen LogP contribution is 2.49. The maximum absolute atomic E-state index is 12.0. The minimum absolute atomic E-state index is 0. The van der Waals surface area contributed by atoms with E-state index in [1.54, 1.807) is 0 Å². The smallest absolute Gasteiger partial charge is 0.224 e. The lowest BCUT2D eigenvalue weighted by atomic mass is 9.98. The minimum Gasteiger partial charge on any atom is -0.357 e. The number of hydrogen-bond donors (Lipinski definition) is 2. The van der Waals surface area contributed by atoms with E-state index in [2.05, 4.69) is 17.6 Å². The number of hydrogen-bond acceptors (Lipinski definition) is 2. The molecular formula is C18H35IN4O. The third kappa shape index (κ3) is 7.15. The van der Waals surface area contributed by atoms with E-state index in [1.807, 2.05) is 18.7 Å². The first-order valence-corrected chi connectivity index (χ1v) is 9.49. The second-order valence-electron chi connectivity index (χ2n) is 6.80. The van der Waals surface area contributed by atoms with E-state index in [-0.39, 0.29) is 29.9 Å². The molecule has 1 amide bonds. The molecule has 0 aliphatic heterocycles. The van der Waals surface area contributed by atoms with Crippen LogP contribution in [0.1, 0.15) is 52.9 Å². The van der Waals surface area contributed by atoms with Gasteiger partial charge in [-0.3, -0.25) is 9.79 Å². The normalized spacial score (nSPS) is 17.4. The van der Waals surface area contributed by atoms with Crippen LogP contribution in [0.15, 0.2) is 4.99 Å². The summed E-state index contributed by atoms with van der Waals surface area (Å²) in [6.07, 6.45) is 6.14. The van der Waals surface area contributed by atoms with Crippen LogP contribution in [0.25, 0.3) is 0 Å². The average Bonchev–Trinajstić information content (AvgIpc) is 3.42. The van der Waals surface area contributed by atoms with Crippen LogP contribution in [0.2, 0.25) is 0 Å². The maximum Gasteiger partial charge on any atom is 0.224 e. The molecule has 5 nitrogen and oxygen atoms in total. The Morgan fingerprint density at radius 2 is 1.67 bits per heavy atom. The predicted molar refractivity (Wildman–Crippen MR) is 111 cm³/mol. The van der Waals surface area contributed by atoms with Crippen molar-refractivity contribution in [3.8, 4) is 0 Å². The number of guanidine groups is 1. The number of carbonyl (C=O) groups excluding carboxylic acids is 1. The Morgan fingerprint density at radius 1 is 1.08 bits per heavy atom. The van der Waals surface area contributed by atoms with Crippen LogP contribution in [-0.4, -0.2) is 49.5 Å². The second-order valence-corrected chi connectivity index (χ2v) is 6.80. The van der Waals surface area contributed by atoms with Gasteiger partial charge < -0.3 is 15.5 Å². The van der Waals surface area contributed by atoms with E-state index in [0.29, 0.717) is 13.0 Å². The molecular weight excluding hydrogens is 415 g/mol. The summed E-state index contributed by atoms with van der Waals surface area (Å²) < 4.78 is 0. The van der Waals surface area contributed by atoms with Crippen LogP contribution < -0.4 is 10.6 Å². The van der Waals surface area contributed by atoms with Gasteiger partial charge >= 0.3 is 0 Å². The SMILES string of the molecule is CCNC(=NCC(C1CC1)C1CC1)NCCC(=O)N(CC)CC.I. The molecule has 2 saturated carbocycles. The molecule has 0 bridgehead atoms. The zero-order chi connectivity index (χ0) is 16.7. The van der Waals surface area contributed by atoms with Crippen molar-refractivity contribution in [1.29, 1.82) is 0 Å². The maximum atomic E-state index is 12.0. The standard InChI is InChI=1S/C18H34N4O.HI/c1-4-19-18(20-12-11-17(23)22(5-2)6-3)21-13-16(14-7-8-14)15-9-10-15;/h14-16H,4-13H2,1-3H3,(H2,19,20,21);1H. The largest absolute Gasteiger partial charge is 0.357 e. The average molecular weight is 450 g/mol. The molecule has 24 heavy (non-hydrogen) atoms. The fourth-order valence-corrected chi connectivity index (χ4v) is 3.29. The van der Waals surface area contributed by atoms with E-state index in [4.69, 9.17) is 4.99 Å². The van der Waals surface area contributed by atoms with Crippen molar-refractivity contribution in [2.45, 2.75) is 52.9 Å². The third-order valence-electron chi connectivity index (χ3n) is 5.01. The monoisotopic (exact) mass is 450 g/mol. The summed E-state index contributed by atoms with van der Waals surface area (Å²) >= 11 is 0. The van der Waals surface area contributed by atoms with Gasteiger partial charge in [0.15, 0.2) is 5.96 Å². The zero-order valence-corrected chi connectivity index (χ0v) is 17.8. The Labute approximate surface area is 164 Å². The lowest BCUT2D eigenvalue weighted by Gasteiger charge is -2.19. The van der Waals surface area contributed by atoms with Gasteiger partial charge in [-0.15, -0.1) is 24.0 Å². The van der Waals surface area contributed by atoms with E-state index in [0.717, 1.165) is 49.9 Å². The molecule has 0 atom stereocenters. The summed E-state index contributed by atoms with van der Waals surface area (Å²) in [4.78, 5) is 18.7. The third-order valence-corrected chi connectivity index (χ3v) is 5.01. The van der Waals surface area contributed by atoms with Gasteiger partial charge in [0.25, 0.3) is 0 Å². The lowest BCUT2D eigenvalue weighted by Crippen LogP contribution is -2.40. The molecule has 2 rings (SSSR count). The first kappa shape index (κ1) is 21.5. The van der Waals surface area contributed by atoms with E-state index in [1.165, 1.54) is 25.7 Å². The Bertz CT molecular complexity index is 392. The van der Waals surface area contributed by atoms with Gasteiger partial charge in [0.1, 0.15) is 0 Å². The van der Waals surface area contributed by atoms with Crippen LogP contribution in [0.4, 0.5) is 0 Å². The number of rotatable bonds is 10. The van der Waals surface area contributed by atoms with Crippen molar-refractivity contribution in [2.75, 3.05) is 32.7 Å². The molecule has 2 aliphatic rings. The van der Waals surface area contributed by atoms with Crippen molar-refractivity contribution in [3.05, 3.63) is 0 Å². The summed E-state index contributed by atoms with van der Waals surface area (Å²) in [7, 11) is 0. The van der Waals surface area contributed by atoms with Crippen molar-refractivity contribution in [1.82, 2.24) is 15.5 Å². The fraction of sp³-hybridized carbons (Fsp3) is 0.889. The highest BCUT2D eigenvalue weighted by atomic mass is 127. The van der Waals surface area contributed by atoms with Crippen LogP contribution >= 0.6 is 24.0 Å². The van der Waals surface area contributed by atoms with Gasteiger partial charge in [-0.2, -0.15) is 0 Å². The molecule has 0 unspecified atom stereocenters. The number of nitrogens with zero attached hydrogens (tertiary/aromatic N) is 2. The van der Waals surface area contributed by atoms with Crippen molar-refractivity contribution < 1.29 is 4.79 Å². The van der Waals surface area contributed by atoms with Crippen molar-refractivity contribution >= 4 is 35.8 Å². The van der Waals surface area contributed by atoms with E-state index >= 15 is 0 Å². The Kier molecular flexibility index (Phi) is 10.0. The molecule has 0 aromatic heterocycles. The first-order valence-electron chi connectivity index (χ1n) is 9.49. The minimum atomic E-state index is 0. The predicted octanol–water partition coefficient (Wildman–Crippen LogP) is 2.85. The molecule has 0 heterocycles. The number of carbonyl (C=O) groups is 1. The van der Waals surface area contributed by atoms with Crippen molar-refractivity contribution in [3.63, 3.8) is 0 Å². The Hall–Kier alpha value is -0.530. The molecule has 0 aromatic carbocycles. The van der Waals surface area contributed by atoms with Crippen LogP contribution in [0, 0.1) is 17.8 Å². The molecule has 2 aliphatic carbocycles. The molecule has 0 aromatic rings. The van der Waals surface area contributed by atoms with Gasteiger partial charge in [-0.1, -0.05) is 0 Å². The topological polar surface area (TPSA) is 56.7 Å². The van der Waals surface area contributed by atoms with Crippen molar-refractivity contribution in [2.24, 2.45) is 22.7 Å². The number of nitrogens with one attached hydrogen (secondary N) is 2. The van der Waals surface area contributed by atoms with Gasteiger partial charge in [-0.05, 0) is 64.2 Å². The number of amides is 1. The highest BCUT2D eigenvalue weighted by molar-refractivity contribution is 14.0. The summed E-state index contributed by atoms with van der Waals surface area (Å²) in [6, 6.07) is 0. The first-order chi connectivity index (χ1) is 11.2. The van der Waals surface area contributed by atoms with Crippen LogP contribution in [0.5, 0.6) is 0 Å². The highest BCUT2D eigenvalue weighted by Gasteiger charge is 2.41. The summed E-state index contributed by atoms with van der Waals surface area (Å²) in [6.45, 7) is 10.1. The van der Waals surface area contributed by atoms with Crippen LogP contribution in [0.3, 0.4) is 0 Å². The Morgan fingerprint density at radius 3 is 2.12 bits per heavy atom. The molecule has 0 radical (unpaired) electrons. The Balaban J connectivity index is 0.00000288. The van der Waals surface area contributed by atoms with Gasteiger partial charge in [0.2, 0.25) is 5.91 Å². The van der Waals surface area contributed by atoms with Crippen LogP contribution in [-0.2, 0) is 4.79 Å². The molecule has 0 spiro atoms. The van der Waals surface area contributed by atoms with E-state index in [9.17, 15) is 4.79 Å². The second kappa shape index (κ2) is 11.2. The number of halogens is 1. The van der Waals surface area contributed by atoms with Gasteiger partial charge in [0.05, 0.1) is 0 Å². The molecule has 2 fully saturated rings.